The number of nitrogens with zero attached hydrogens (tertiary/aromatic N) is 1. The second-order valence-electron chi connectivity index (χ2n) is 8.91. The lowest BCUT2D eigenvalue weighted by atomic mass is 9.97. The smallest absolute Gasteiger partial charge is 0.168 e. The molecule has 2 unspecified atom stereocenters. The van der Waals surface area contributed by atoms with Crippen molar-refractivity contribution in [2.75, 3.05) is 7.05 Å². The molecular formula is C24H29ClF2N2O. The maximum absolute atomic E-state index is 14.6. The molecule has 0 spiro atoms. The molecule has 3 aliphatic rings. The molecule has 0 amide bonds. The summed E-state index contributed by atoms with van der Waals surface area (Å²) in [5.74, 6) is -0.831. The van der Waals surface area contributed by atoms with Crippen LogP contribution in [0.3, 0.4) is 0 Å². The molecule has 1 aliphatic carbocycles. The van der Waals surface area contributed by atoms with E-state index in [1.807, 2.05) is 30.3 Å². The molecule has 0 radical (unpaired) electrons. The van der Waals surface area contributed by atoms with Crippen LogP contribution in [0.4, 0.5) is 8.78 Å². The van der Waals surface area contributed by atoms with Gasteiger partial charge in [0.15, 0.2) is 11.6 Å². The zero-order valence-corrected chi connectivity index (χ0v) is 18.0. The second-order valence-corrected chi connectivity index (χ2v) is 8.91. The fourth-order valence-electron chi connectivity index (χ4n) is 5.31. The molecule has 3 nitrogen and oxygen atoms in total. The SMILES string of the molecule is CN1C2CCC1CC(N[C@@H]1C[C@H]1c1cc(F)cc(F)c1OCc1ccccc1)C2.Cl. The quantitative estimate of drug-likeness (QED) is 0.689. The molecule has 5 rings (SSSR count). The van der Waals surface area contributed by atoms with Gasteiger partial charge in [-0.15, -0.1) is 12.4 Å². The minimum atomic E-state index is -0.612. The first-order valence-corrected chi connectivity index (χ1v) is 10.7. The van der Waals surface area contributed by atoms with Crippen LogP contribution in [-0.4, -0.2) is 36.1 Å². The summed E-state index contributed by atoms with van der Waals surface area (Å²) in [6, 6.07) is 14.2. The average molecular weight is 435 g/mol. The van der Waals surface area contributed by atoms with Crippen molar-refractivity contribution in [2.45, 2.75) is 68.8 Å². The summed E-state index contributed by atoms with van der Waals surface area (Å²) in [6.07, 6.45) is 5.84. The number of fused-ring (bicyclic) bond motifs is 2. The molecule has 2 saturated heterocycles. The van der Waals surface area contributed by atoms with E-state index >= 15 is 0 Å². The lowest BCUT2D eigenvalue weighted by molar-refractivity contribution is 0.148. The Balaban J connectivity index is 0.00000218. The van der Waals surface area contributed by atoms with Gasteiger partial charge >= 0.3 is 0 Å². The van der Waals surface area contributed by atoms with Gasteiger partial charge < -0.3 is 15.0 Å². The van der Waals surface area contributed by atoms with Gasteiger partial charge in [0.2, 0.25) is 0 Å². The van der Waals surface area contributed by atoms with Gasteiger partial charge in [-0.2, -0.15) is 0 Å². The average Bonchev–Trinajstić information content (AvgIpc) is 3.43. The number of piperidine rings is 1. The third-order valence-electron chi connectivity index (χ3n) is 7.00. The van der Waals surface area contributed by atoms with Crippen molar-refractivity contribution in [3.05, 3.63) is 65.2 Å². The van der Waals surface area contributed by atoms with Gasteiger partial charge in [0, 0.05) is 41.7 Å². The van der Waals surface area contributed by atoms with E-state index in [9.17, 15) is 8.78 Å². The van der Waals surface area contributed by atoms with Crippen LogP contribution >= 0.6 is 12.4 Å². The maximum atomic E-state index is 14.6. The number of benzene rings is 2. The predicted octanol–water partition coefficient (Wildman–Crippen LogP) is 5.04. The largest absolute Gasteiger partial charge is 0.486 e. The number of ether oxygens (including phenoxy) is 1. The van der Waals surface area contributed by atoms with E-state index in [0.717, 1.165) is 18.1 Å². The lowest BCUT2D eigenvalue weighted by Gasteiger charge is -2.37. The minimum Gasteiger partial charge on any atom is -0.486 e. The van der Waals surface area contributed by atoms with Crippen LogP contribution < -0.4 is 10.1 Å². The number of rotatable bonds is 6. The minimum absolute atomic E-state index is 0. The third kappa shape index (κ3) is 4.34. The lowest BCUT2D eigenvalue weighted by Crippen LogP contribution is -2.47. The summed E-state index contributed by atoms with van der Waals surface area (Å²) in [5.41, 5.74) is 1.63. The summed E-state index contributed by atoms with van der Waals surface area (Å²) in [5, 5.41) is 3.78. The summed E-state index contributed by atoms with van der Waals surface area (Å²) < 4.78 is 34.4. The van der Waals surface area contributed by atoms with Crippen molar-refractivity contribution in [3.8, 4) is 5.75 Å². The molecule has 2 aliphatic heterocycles. The summed E-state index contributed by atoms with van der Waals surface area (Å²) in [4.78, 5) is 2.53. The van der Waals surface area contributed by atoms with Crippen LogP contribution in [0, 0.1) is 11.6 Å². The first-order chi connectivity index (χ1) is 14.1. The van der Waals surface area contributed by atoms with Crippen LogP contribution in [0.5, 0.6) is 5.75 Å². The van der Waals surface area contributed by atoms with Crippen molar-refractivity contribution in [2.24, 2.45) is 0 Å². The fraction of sp³-hybridized carbons (Fsp3) is 0.500. The van der Waals surface area contributed by atoms with E-state index in [-0.39, 0.29) is 36.7 Å². The van der Waals surface area contributed by atoms with Crippen molar-refractivity contribution in [1.82, 2.24) is 10.2 Å². The van der Waals surface area contributed by atoms with Gasteiger partial charge in [0.1, 0.15) is 12.4 Å². The zero-order valence-electron chi connectivity index (χ0n) is 17.2. The molecule has 0 aromatic heterocycles. The van der Waals surface area contributed by atoms with Crippen LogP contribution in [0.25, 0.3) is 0 Å². The van der Waals surface area contributed by atoms with E-state index in [1.54, 1.807) is 0 Å². The van der Waals surface area contributed by atoms with Gasteiger partial charge in [0.05, 0.1) is 0 Å². The van der Waals surface area contributed by atoms with E-state index < -0.39 is 11.6 Å². The van der Waals surface area contributed by atoms with E-state index in [1.165, 1.54) is 31.7 Å². The molecule has 2 aromatic carbocycles. The van der Waals surface area contributed by atoms with Crippen LogP contribution in [0.1, 0.15) is 49.1 Å². The molecule has 3 fully saturated rings. The topological polar surface area (TPSA) is 24.5 Å². The highest BCUT2D eigenvalue weighted by Gasteiger charge is 2.45. The Labute approximate surface area is 183 Å². The standard InChI is InChI=1S/C24H28F2N2O.ClH/c1-28-18-7-8-19(28)12-17(11-18)27-23-13-20(23)21-9-16(25)10-22(26)24(21)29-14-15-5-3-2-4-6-15;/h2-6,9-10,17-20,23,27H,7-8,11-14H2,1H3;1H/t17?,18?,19?,20-,23+;/m0./s1. The molecule has 6 heteroatoms. The van der Waals surface area contributed by atoms with E-state index in [4.69, 9.17) is 4.74 Å². The van der Waals surface area contributed by atoms with Gasteiger partial charge in [0.25, 0.3) is 0 Å². The molecule has 4 atom stereocenters. The number of halogens is 3. The predicted molar refractivity (Wildman–Crippen MR) is 116 cm³/mol. The molecule has 162 valence electrons. The monoisotopic (exact) mass is 434 g/mol. The highest BCUT2D eigenvalue weighted by atomic mass is 35.5. The van der Waals surface area contributed by atoms with Gasteiger partial charge in [-0.1, -0.05) is 30.3 Å². The first kappa shape index (κ1) is 21.5. The second kappa shape index (κ2) is 8.81. The highest BCUT2D eigenvalue weighted by Crippen LogP contribution is 2.47. The maximum Gasteiger partial charge on any atom is 0.168 e. The Morgan fingerprint density at radius 2 is 1.73 bits per heavy atom. The zero-order chi connectivity index (χ0) is 20.0. The van der Waals surface area contributed by atoms with Gasteiger partial charge in [-0.25, -0.2) is 8.78 Å². The molecule has 1 N–H and O–H groups in total. The molecule has 2 heterocycles. The Morgan fingerprint density at radius 1 is 1.03 bits per heavy atom. The normalized spacial score (nSPS) is 30.0. The third-order valence-corrected chi connectivity index (χ3v) is 7.00. The molecule has 2 bridgehead atoms. The van der Waals surface area contributed by atoms with Crippen molar-refractivity contribution in [3.63, 3.8) is 0 Å². The number of hydrogen-bond donors (Lipinski definition) is 1. The molecule has 1 saturated carbocycles. The van der Waals surface area contributed by atoms with Crippen molar-refractivity contribution < 1.29 is 13.5 Å². The van der Waals surface area contributed by atoms with Gasteiger partial charge in [-0.3, -0.25) is 0 Å². The van der Waals surface area contributed by atoms with Crippen molar-refractivity contribution in [1.29, 1.82) is 0 Å². The highest BCUT2D eigenvalue weighted by molar-refractivity contribution is 5.85. The first-order valence-electron chi connectivity index (χ1n) is 10.7. The van der Waals surface area contributed by atoms with Crippen LogP contribution in [0.2, 0.25) is 0 Å². The fourth-order valence-corrected chi connectivity index (χ4v) is 5.31. The van der Waals surface area contributed by atoms with E-state index in [2.05, 4.69) is 17.3 Å². The molecule has 2 aromatic rings. The van der Waals surface area contributed by atoms with Crippen molar-refractivity contribution >= 4 is 12.4 Å². The Morgan fingerprint density at radius 3 is 2.43 bits per heavy atom. The molecule has 30 heavy (non-hydrogen) atoms. The Hall–Kier alpha value is -1.69. The van der Waals surface area contributed by atoms with Crippen LogP contribution in [-0.2, 0) is 6.61 Å². The van der Waals surface area contributed by atoms with E-state index in [0.29, 0.717) is 23.7 Å². The Kier molecular flexibility index (Phi) is 6.33. The van der Waals surface area contributed by atoms with Gasteiger partial charge in [-0.05, 0) is 50.8 Å². The number of nitrogens with one attached hydrogen (secondary N) is 1. The summed E-state index contributed by atoms with van der Waals surface area (Å²) >= 11 is 0. The summed E-state index contributed by atoms with van der Waals surface area (Å²) in [6.45, 7) is 0.277. The van der Waals surface area contributed by atoms with Crippen LogP contribution in [0.15, 0.2) is 42.5 Å². The number of hydrogen-bond acceptors (Lipinski definition) is 3. The summed E-state index contributed by atoms with van der Waals surface area (Å²) in [7, 11) is 2.24. The molecular weight excluding hydrogens is 406 g/mol. The Bertz CT molecular complexity index is 867.